The molecule has 0 amide bonds. The summed E-state index contributed by atoms with van der Waals surface area (Å²) in [5.41, 5.74) is 3.41. The third-order valence-corrected chi connectivity index (χ3v) is 5.82. The molecule has 1 aromatic heterocycles. The molecule has 1 heterocycles. The van der Waals surface area contributed by atoms with Crippen molar-refractivity contribution in [2.24, 2.45) is 0 Å². The van der Waals surface area contributed by atoms with Crippen LogP contribution in [0.15, 0.2) is 48.5 Å². The van der Waals surface area contributed by atoms with E-state index in [9.17, 15) is 5.11 Å². The van der Waals surface area contributed by atoms with Crippen molar-refractivity contribution in [1.29, 1.82) is 0 Å². The van der Waals surface area contributed by atoms with Crippen LogP contribution < -0.4 is 4.74 Å². The summed E-state index contributed by atoms with van der Waals surface area (Å²) in [5.74, 6) is 2.43. The Morgan fingerprint density at radius 1 is 1.07 bits per heavy atom. The van der Waals surface area contributed by atoms with Gasteiger partial charge in [-0.05, 0) is 49.1 Å². The van der Waals surface area contributed by atoms with Gasteiger partial charge in [-0.25, -0.2) is 4.98 Å². The Balaban J connectivity index is 0.00000240. The number of imidazole rings is 1. The number of hydrogen-bond donors (Lipinski definition) is 1. The van der Waals surface area contributed by atoms with Gasteiger partial charge in [-0.1, -0.05) is 50.5 Å². The summed E-state index contributed by atoms with van der Waals surface area (Å²) in [7, 11) is 0. The molecule has 29 heavy (non-hydrogen) atoms. The van der Waals surface area contributed by atoms with E-state index in [-0.39, 0.29) is 19.0 Å². The fourth-order valence-corrected chi connectivity index (χ4v) is 4.24. The maximum atomic E-state index is 10.7. The molecule has 0 saturated heterocycles. The van der Waals surface area contributed by atoms with Gasteiger partial charge in [0, 0.05) is 5.92 Å². The SMILES string of the molecule is CCc1ccc(OCC(O)Cn2c(C3CCCCC3)nc3ccccc32)cc1.Cl. The second-order valence-electron chi connectivity index (χ2n) is 7.87. The zero-order valence-corrected chi connectivity index (χ0v) is 17.9. The number of halogens is 1. The van der Waals surface area contributed by atoms with Gasteiger partial charge in [0.05, 0.1) is 17.6 Å². The lowest BCUT2D eigenvalue weighted by molar-refractivity contribution is 0.0922. The van der Waals surface area contributed by atoms with Crippen LogP contribution in [0.25, 0.3) is 11.0 Å². The lowest BCUT2D eigenvalue weighted by atomic mass is 9.88. The zero-order chi connectivity index (χ0) is 19.3. The Hall–Kier alpha value is -2.04. The fraction of sp³-hybridized carbons (Fsp3) is 0.458. The lowest BCUT2D eigenvalue weighted by Crippen LogP contribution is -2.25. The number of ether oxygens (including phenoxy) is 1. The number of fused-ring (bicyclic) bond motifs is 1. The Kier molecular flexibility index (Phi) is 7.57. The first kappa shape index (κ1) is 21.7. The number of aryl methyl sites for hydroxylation is 1. The molecule has 1 atom stereocenters. The maximum Gasteiger partial charge on any atom is 0.119 e. The highest BCUT2D eigenvalue weighted by Crippen LogP contribution is 2.34. The van der Waals surface area contributed by atoms with E-state index in [4.69, 9.17) is 9.72 Å². The van der Waals surface area contributed by atoms with E-state index in [1.807, 2.05) is 24.3 Å². The molecule has 2 aromatic carbocycles. The average molecular weight is 415 g/mol. The van der Waals surface area contributed by atoms with Gasteiger partial charge in [-0.3, -0.25) is 0 Å². The van der Waals surface area contributed by atoms with Gasteiger partial charge in [0.25, 0.3) is 0 Å². The largest absolute Gasteiger partial charge is 0.491 e. The number of benzene rings is 2. The molecular formula is C24H31ClN2O2. The maximum absolute atomic E-state index is 10.7. The minimum atomic E-state index is -0.578. The molecule has 0 radical (unpaired) electrons. The molecule has 1 N–H and O–H groups in total. The van der Waals surface area contributed by atoms with Crippen molar-refractivity contribution >= 4 is 23.4 Å². The first-order chi connectivity index (χ1) is 13.7. The minimum absolute atomic E-state index is 0. The average Bonchev–Trinajstić information content (AvgIpc) is 3.12. The van der Waals surface area contributed by atoms with Crippen LogP contribution in [0.3, 0.4) is 0 Å². The highest BCUT2D eigenvalue weighted by Gasteiger charge is 2.23. The Morgan fingerprint density at radius 3 is 2.52 bits per heavy atom. The number of aliphatic hydroxyl groups is 1. The first-order valence-corrected chi connectivity index (χ1v) is 10.6. The molecule has 0 aliphatic heterocycles. The smallest absolute Gasteiger partial charge is 0.119 e. The van der Waals surface area contributed by atoms with Gasteiger partial charge in [-0.15, -0.1) is 12.4 Å². The van der Waals surface area contributed by atoms with Crippen LogP contribution in [0.2, 0.25) is 0 Å². The molecule has 0 bridgehead atoms. The topological polar surface area (TPSA) is 47.3 Å². The molecule has 3 aromatic rings. The molecule has 156 valence electrons. The van der Waals surface area contributed by atoms with Crippen molar-refractivity contribution in [2.75, 3.05) is 6.61 Å². The molecule has 5 heteroatoms. The lowest BCUT2D eigenvalue weighted by Gasteiger charge is -2.23. The van der Waals surface area contributed by atoms with Crippen molar-refractivity contribution in [3.8, 4) is 5.75 Å². The third kappa shape index (κ3) is 5.12. The minimum Gasteiger partial charge on any atom is -0.491 e. The van der Waals surface area contributed by atoms with Crippen molar-refractivity contribution < 1.29 is 9.84 Å². The van der Waals surface area contributed by atoms with Gasteiger partial charge in [0.15, 0.2) is 0 Å². The highest BCUT2D eigenvalue weighted by atomic mass is 35.5. The summed E-state index contributed by atoms with van der Waals surface area (Å²) in [6.45, 7) is 2.93. The first-order valence-electron chi connectivity index (χ1n) is 10.6. The highest BCUT2D eigenvalue weighted by molar-refractivity contribution is 5.85. The molecule has 4 nitrogen and oxygen atoms in total. The molecule has 1 aliphatic rings. The van der Waals surface area contributed by atoms with E-state index in [2.05, 4.69) is 35.8 Å². The summed E-state index contributed by atoms with van der Waals surface area (Å²) in [6, 6.07) is 16.4. The van der Waals surface area contributed by atoms with Crippen LogP contribution >= 0.6 is 12.4 Å². The van der Waals surface area contributed by atoms with Crippen molar-refractivity contribution in [1.82, 2.24) is 9.55 Å². The summed E-state index contributed by atoms with van der Waals surface area (Å²) in [4.78, 5) is 4.94. The third-order valence-electron chi connectivity index (χ3n) is 5.82. The number of rotatable bonds is 7. The van der Waals surface area contributed by atoms with E-state index < -0.39 is 6.10 Å². The van der Waals surface area contributed by atoms with Crippen LogP contribution in [0.5, 0.6) is 5.75 Å². The van der Waals surface area contributed by atoms with Crippen molar-refractivity contribution in [2.45, 2.75) is 64.0 Å². The van der Waals surface area contributed by atoms with Crippen molar-refractivity contribution in [3.05, 3.63) is 59.9 Å². The van der Waals surface area contributed by atoms with E-state index in [0.717, 1.165) is 29.0 Å². The molecule has 1 unspecified atom stereocenters. The molecule has 1 aliphatic carbocycles. The van der Waals surface area contributed by atoms with E-state index >= 15 is 0 Å². The number of nitrogens with zero attached hydrogens (tertiary/aromatic N) is 2. The monoisotopic (exact) mass is 414 g/mol. The zero-order valence-electron chi connectivity index (χ0n) is 17.1. The van der Waals surface area contributed by atoms with Crippen LogP contribution in [0, 0.1) is 0 Å². The predicted octanol–water partition coefficient (Wildman–Crippen LogP) is 5.51. The fourth-order valence-electron chi connectivity index (χ4n) is 4.24. The van der Waals surface area contributed by atoms with Crippen LogP contribution in [-0.2, 0) is 13.0 Å². The number of hydrogen-bond acceptors (Lipinski definition) is 3. The van der Waals surface area contributed by atoms with Crippen LogP contribution in [-0.4, -0.2) is 27.4 Å². The number of para-hydroxylation sites is 2. The quantitative estimate of drug-likeness (QED) is 0.554. The molecule has 1 fully saturated rings. The molecule has 0 spiro atoms. The summed E-state index contributed by atoms with van der Waals surface area (Å²) < 4.78 is 8.05. The van der Waals surface area contributed by atoms with Gasteiger partial charge in [0.1, 0.15) is 24.3 Å². The standard InChI is InChI=1S/C24H30N2O2.ClH/c1-2-18-12-14-21(15-13-18)28-17-20(27)16-26-23-11-7-6-10-22(23)25-24(26)19-8-4-3-5-9-19;/h6-7,10-15,19-20,27H,2-5,8-9,16-17H2,1H3;1H. The van der Waals surface area contributed by atoms with E-state index in [1.54, 1.807) is 0 Å². The molecule has 1 saturated carbocycles. The van der Waals surface area contributed by atoms with Gasteiger partial charge in [0.2, 0.25) is 0 Å². The second kappa shape index (κ2) is 10.1. The Bertz CT molecular complexity index is 901. The summed E-state index contributed by atoms with van der Waals surface area (Å²) in [5, 5.41) is 10.7. The molecular weight excluding hydrogens is 384 g/mol. The van der Waals surface area contributed by atoms with Crippen molar-refractivity contribution in [3.63, 3.8) is 0 Å². The Morgan fingerprint density at radius 2 is 1.79 bits per heavy atom. The van der Waals surface area contributed by atoms with Crippen LogP contribution in [0.1, 0.15) is 56.3 Å². The van der Waals surface area contributed by atoms with Gasteiger partial charge >= 0.3 is 0 Å². The van der Waals surface area contributed by atoms with Crippen LogP contribution in [0.4, 0.5) is 0 Å². The Labute approximate surface area is 179 Å². The summed E-state index contributed by atoms with van der Waals surface area (Å²) in [6.07, 6.45) is 6.69. The number of aliphatic hydroxyl groups excluding tert-OH is 1. The van der Waals surface area contributed by atoms with E-state index in [0.29, 0.717) is 12.5 Å². The molecule has 4 rings (SSSR count). The van der Waals surface area contributed by atoms with Gasteiger partial charge < -0.3 is 14.4 Å². The summed E-state index contributed by atoms with van der Waals surface area (Å²) >= 11 is 0. The van der Waals surface area contributed by atoms with E-state index in [1.165, 1.54) is 37.7 Å². The normalized spacial score (nSPS) is 15.8. The van der Waals surface area contributed by atoms with Gasteiger partial charge in [-0.2, -0.15) is 0 Å². The predicted molar refractivity (Wildman–Crippen MR) is 120 cm³/mol. The number of aromatic nitrogens is 2. The second-order valence-corrected chi connectivity index (χ2v) is 7.87.